The molecular weight excluding hydrogens is 944 g/mol. The fourth-order valence-electron chi connectivity index (χ4n) is 8.33. The Morgan fingerprint density at radius 2 is 0.809 bits per heavy atom. The molecule has 348 valence electrons. The van der Waals surface area contributed by atoms with Crippen LogP contribution in [0.1, 0.15) is 56.2 Å². The first-order valence-electron chi connectivity index (χ1n) is 19.5. The minimum Gasteiger partial charge on any atom is -0.358 e. The molecule has 0 aliphatic carbocycles. The average molecular weight is 965 g/mol. The van der Waals surface area contributed by atoms with Crippen LogP contribution in [0, 0.1) is 120 Å². The first-order valence-corrected chi connectivity index (χ1v) is 19.5. The summed E-state index contributed by atoms with van der Waals surface area (Å²) in [6, 6.07) is 1.46. The second-order valence-electron chi connectivity index (χ2n) is 15.5. The molecule has 4 nitrogen and oxygen atoms in total. The maximum atomic E-state index is 16.1. The number of hydrogen-bond acceptors (Lipinski definition) is 2. The van der Waals surface area contributed by atoms with Crippen LogP contribution in [0.4, 0.5) is 74.6 Å². The fraction of sp³-hybridized carbons (Fsp3) is 0.106. The minimum absolute atomic E-state index is 0.615. The lowest BCUT2D eigenvalue weighted by Gasteiger charge is -2.23. The molecular formula is C47H21F17N4. The van der Waals surface area contributed by atoms with Gasteiger partial charge in [0.2, 0.25) is 5.82 Å². The Bertz CT molecular complexity index is 3470. The van der Waals surface area contributed by atoms with Crippen molar-refractivity contribution in [2.24, 2.45) is 9.98 Å². The third-order valence-electron chi connectivity index (χ3n) is 11.8. The van der Waals surface area contributed by atoms with Crippen LogP contribution in [-0.4, -0.2) is 27.4 Å². The summed E-state index contributed by atoms with van der Waals surface area (Å²) in [7, 11) is 0. The van der Waals surface area contributed by atoms with Crippen LogP contribution in [0.3, 0.4) is 0 Å². The second kappa shape index (κ2) is 16.1. The number of allylic oxidation sites excluding steroid dienone is 3. The van der Waals surface area contributed by atoms with E-state index in [9.17, 15) is 13.2 Å². The van der Waals surface area contributed by atoms with E-state index in [1.54, 1.807) is 0 Å². The molecule has 0 spiro atoms. The molecule has 2 unspecified atom stereocenters. The molecule has 0 saturated heterocycles. The van der Waals surface area contributed by atoms with Crippen LogP contribution >= 0.6 is 0 Å². The molecule has 0 saturated carbocycles. The van der Waals surface area contributed by atoms with Crippen LogP contribution in [-0.2, 0) is 0 Å². The van der Waals surface area contributed by atoms with E-state index >= 15 is 61.5 Å². The van der Waals surface area contributed by atoms with Gasteiger partial charge in [-0.15, -0.1) is 0 Å². The molecule has 8 bridgehead atoms. The van der Waals surface area contributed by atoms with Gasteiger partial charge in [0.1, 0.15) is 0 Å². The van der Waals surface area contributed by atoms with Crippen molar-refractivity contribution in [1.82, 2.24) is 9.97 Å². The molecule has 2 N–H and O–H groups in total. The first-order chi connectivity index (χ1) is 32.1. The maximum Gasteiger partial charge on any atom is 0.200 e. The summed E-state index contributed by atoms with van der Waals surface area (Å²) in [5.41, 5.74) is -16.5. The summed E-state index contributed by atoms with van der Waals surface area (Å²) < 4.78 is 265. The van der Waals surface area contributed by atoms with E-state index in [2.05, 4.69) is 20.0 Å². The van der Waals surface area contributed by atoms with Crippen LogP contribution in [0.2, 0.25) is 0 Å². The Morgan fingerprint density at radius 3 is 1.29 bits per heavy atom. The van der Waals surface area contributed by atoms with E-state index in [1.165, 1.54) is 0 Å². The quantitative estimate of drug-likeness (QED) is 0.101. The fourth-order valence-corrected chi connectivity index (χ4v) is 8.33. The second-order valence-corrected chi connectivity index (χ2v) is 15.5. The molecule has 3 aliphatic rings. The van der Waals surface area contributed by atoms with Gasteiger partial charge in [-0.2, -0.15) is 0 Å². The number of halogens is 17. The number of aromatic nitrogens is 2. The van der Waals surface area contributed by atoms with Crippen molar-refractivity contribution in [3.05, 3.63) is 214 Å². The van der Waals surface area contributed by atoms with Crippen molar-refractivity contribution in [3.8, 4) is 0 Å². The number of nitrogens with one attached hydrogen (secondary N) is 2. The van der Waals surface area contributed by atoms with Gasteiger partial charge >= 0.3 is 0 Å². The molecule has 5 heterocycles. The molecule has 68 heavy (non-hydrogen) atoms. The van der Waals surface area contributed by atoms with E-state index in [0.717, 1.165) is 48.6 Å². The van der Waals surface area contributed by atoms with Gasteiger partial charge in [-0.05, 0) is 63.3 Å². The van der Waals surface area contributed by atoms with Gasteiger partial charge in [-0.1, -0.05) is 6.08 Å². The molecule has 3 aliphatic heterocycles. The molecule has 2 aromatic heterocycles. The molecule has 6 aromatic rings. The number of H-pyrrole nitrogens is 2. The van der Waals surface area contributed by atoms with Gasteiger partial charge in [0.05, 0.1) is 45.8 Å². The largest absolute Gasteiger partial charge is 0.358 e. The lowest BCUT2D eigenvalue weighted by Crippen LogP contribution is -2.24. The predicted octanol–water partition coefficient (Wildman–Crippen LogP) is 11.0. The van der Waals surface area contributed by atoms with Crippen LogP contribution < -0.4 is 10.7 Å². The molecule has 4 aromatic carbocycles. The molecule has 0 amide bonds. The maximum absolute atomic E-state index is 16.1. The molecule has 21 heteroatoms. The highest BCUT2D eigenvalue weighted by Gasteiger charge is 2.39. The number of rotatable bonds is 4. The van der Waals surface area contributed by atoms with Crippen molar-refractivity contribution < 1.29 is 74.6 Å². The Morgan fingerprint density at radius 1 is 0.397 bits per heavy atom. The molecule has 0 fully saturated rings. The zero-order valence-electron chi connectivity index (χ0n) is 34.1. The summed E-state index contributed by atoms with van der Waals surface area (Å²) in [5, 5.41) is -1.37. The number of aromatic amines is 2. The van der Waals surface area contributed by atoms with E-state index in [4.69, 9.17) is 0 Å². The smallest absolute Gasteiger partial charge is 0.200 e. The molecule has 2 atom stereocenters. The number of nitrogens with zero attached hydrogens (tertiary/aromatic N) is 2. The highest BCUT2D eigenvalue weighted by atomic mass is 19.2. The number of hydrogen-bond donors (Lipinski definition) is 2. The summed E-state index contributed by atoms with van der Waals surface area (Å²) >= 11 is 0. The normalized spacial score (nSPS) is 18.4. The van der Waals surface area contributed by atoms with Gasteiger partial charge in [0.25, 0.3) is 0 Å². The first kappa shape index (κ1) is 45.7. The summed E-state index contributed by atoms with van der Waals surface area (Å²) in [6.07, 6.45) is 3.33. The van der Waals surface area contributed by atoms with E-state index in [1.807, 2.05) is 0 Å². The Labute approximate surface area is 369 Å². The Hall–Kier alpha value is -7.45. The topological polar surface area (TPSA) is 56.3 Å². The van der Waals surface area contributed by atoms with E-state index < -0.39 is 206 Å². The van der Waals surface area contributed by atoms with Crippen molar-refractivity contribution >= 4 is 28.1 Å². The van der Waals surface area contributed by atoms with Crippen molar-refractivity contribution in [1.29, 1.82) is 0 Å². The number of fused-ring (bicyclic) bond motifs is 6. The van der Waals surface area contributed by atoms with Gasteiger partial charge in [0, 0.05) is 61.1 Å². The monoisotopic (exact) mass is 964 g/mol. The average Bonchev–Trinajstić information content (AvgIpc) is 4.18. The molecule has 0 radical (unpaired) electrons. The molecule has 9 rings (SSSR count). The minimum atomic E-state index is -2.63. The zero-order chi connectivity index (χ0) is 49.3. The lowest BCUT2D eigenvalue weighted by molar-refractivity contribution is 0.376. The van der Waals surface area contributed by atoms with Gasteiger partial charge in [-0.25, -0.2) is 79.6 Å². The van der Waals surface area contributed by atoms with Crippen molar-refractivity contribution in [2.75, 3.05) is 0 Å². The highest BCUT2D eigenvalue weighted by Crippen LogP contribution is 2.43. The highest BCUT2D eigenvalue weighted by molar-refractivity contribution is 6.31. The summed E-state index contributed by atoms with van der Waals surface area (Å²) in [6.45, 7) is 2.02. The SMILES string of the molecule is Cc1c(F)c(F)c(/C2=c3\cc/c([nH]3)=C(\c3c(F)c(F)c(C)c(F)c3F)C3=NC(C=C3)C(c3c(F)c(F)c(C)c(F)c3F)c3ccc([nH]3)C(c3c(F)c(F)c(F)c(F)c3F)=C3C=CC2=N3)c(F)c1F. The van der Waals surface area contributed by atoms with Crippen LogP contribution in [0.25, 0.3) is 16.7 Å². The van der Waals surface area contributed by atoms with Crippen molar-refractivity contribution in [3.63, 3.8) is 0 Å². The summed E-state index contributed by atoms with van der Waals surface area (Å²) in [4.78, 5) is 13.3. The lowest BCUT2D eigenvalue weighted by atomic mass is 9.87. The van der Waals surface area contributed by atoms with Gasteiger partial charge in [0.15, 0.2) is 93.1 Å². The van der Waals surface area contributed by atoms with Crippen LogP contribution in [0.5, 0.6) is 0 Å². The Kier molecular flexibility index (Phi) is 10.8. The zero-order valence-corrected chi connectivity index (χ0v) is 34.1. The number of benzene rings is 4. The van der Waals surface area contributed by atoms with E-state index in [0.29, 0.717) is 20.8 Å². The van der Waals surface area contributed by atoms with Gasteiger partial charge < -0.3 is 9.97 Å². The summed E-state index contributed by atoms with van der Waals surface area (Å²) in [5.74, 6) is -38.8. The van der Waals surface area contributed by atoms with Crippen LogP contribution in [0.15, 0.2) is 64.3 Å². The van der Waals surface area contributed by atoms with E-state index in [-0.39, 0.29) is 0 Å². The standard InChI is InChI=1S/C47H21F17N4/c1-12-31(48)37(54)27(38(55)32(12)49)23-15-4-6-17(65-15)24(28-39(56)33(50)13(2)34(51)40(28)57)19-8-10-21(67-19)26(30-43(60)45(62)47(64)46(63)44(30)61)22-11-9-20(68-22)25(18-7-5-16(23)66-18)29-41(58)35(52)14(3)36(53)42(29)59/h4-11,17,24,66-67H,1-3H3/b23-16+,25-18+,26-22?. The third kappa shape index (κ3) is 6.51. The predicted molar refractivity (Wildman–Crippen MR) is 210 cm³/mol. The third-order valence-corrected chi connectivity index (χ3v) is 11.8. The van der Waals surface area contributed by atoms with Gasteiger partial charge in [-0.3, -0.25) is 4.99 Å². The number of aliphatic imine (C=N–C) groups is 2. The Balaban J connectivity index is 1.51. The van der Waals surface area contributed by atoms with Crippen molar-refractivity contribution in [2.45, 2.75) is 32.7 Å².